The number of likely N-dealkylation sites (tertiary alicyclic amines) is 1. The molecule has 1 aromatic heterocycles. The standard InChI is InChI=1S/C7H10N4OS/c8-7-5(9-10-13-7)4-11-3-1-2-6(11)12/h1-4,8H2. The van der Waals surface area contributed by atoms with Gasteiger partial charge in [-0.3, -0.25) is 4.79 Å². The Bertz CT molecular complexity index is 324. The summed E-state index contributed by atoms with van der Waals surface area (Å²) in [5, 5.41) is 4.47. The van der Waals surface area contributed by atoms with Crippen LogP contribution in [0.2, 0.25) is 0 Å². The van der Waals surface area contributed by atoms with Crippen molar-refractivity contribution in [3.8, 4) is 0 Å². The second kappa shape index (κ2) is 3.29. The lowest BCUT2D eigenvalue weighted by molar-refractivity contribution is -0.128. The number of anilines is 1. The van der Waals surface area contributed by atoms with Gasteiger partial charge in [-0.15, -0.1) is 5.10 Å². The van der Waals surface area contributed by atoms with Crippen LogP contribution < -0.4 is 5.73 Å². The average molecular weight is 198 g/mol. The minimum Gasteiger partial charge on any atom is -0.388 e. The molecule has 13 heavy (non-hydrogen) atoms. The van der Waals surface area contributed by atoms with E-state index in [0.29, 0.717) is 18.0 Å². The Hall–Kier alpha value is -1.17. The van der Waals surface area contributed by atoms with Crippen molar-refractivity contribution in [3.05, 3.63) is 5.69 Å². The summed E-state index contributed by atoms with van der Waals surface area (Å²) < 4.78 is 3.72. The second-order valence-electron chi connectivity index (χ2n) is 3.00. The molecule has 0 unspecified atom stereocenters. The summed E-state index contributed by atoms with van der Waals surface area (Å²) in [6.45, 7) is 1.33. The van der Waals surface area contributed by atoms with Crippen molar-refractivity contribution in [2.75, 3.05) is 12.3 Å². The van der Waals surface area contributed by atoms with Crippen molar-refractivity contribution in [2.45, 2.75) is 19.4 Å². The Labute approximate surface area is 79.7 Å². The Morgan fingerprint density at radius 1 is 1.62 bits per heavy atom. The molecule has 0 atom stereocenters. The topological polar surface area (TPSA) is 72.1 Å². The zero-order valence-electron chi connectivity index (χ0n) is 7.06. The summed E-state index contributed by atoms with van der Waals surface area (Å²) in [6.07, 6.45) is 1.59. The first-order valence-electron chi connectivity index (χ1n) is 4.12. The highest BCUT2D eigenvalue weighted by Crippen LogP contribution is 2.18. The van der Waals surface area contributed by atoms with E-state index in [4.69, 9.17) is 5.73 Å². The van der Waals surface area contributed by atoms with Crippen LogP contribution in [-0.2, 0) is 11.3 Å². The van der Waals surface area contributed by atoms with Gasteiger partial charge in [0.2, 0.25) is 5.91 Å². The molecule has 1 aliphatic heterocycles. The van der Waals surface area contributed by atoms with Crippen molar-refractivity contribution in [2.24, 2.45) is 0 Å². The maximum atomic E-state index is 11.3. The van der Waals surface area contributed by atoms with Gasteiger partial charge in [-0.05, 0) is 6.42 Å². The van der Waals surface area contributed by atoms with E-state index in [9.17, 15) is 4.79 Å². The van der Waals surface area contributed by atoms with Crippen LogP contribution in [-0.4, -0.2) is 26.9 Å². The maximum Gasteiger partial charge on any atom is 0.222 e. The molecular weight excluding hydrogens is 188 g/mol. The quantitative estimate of drug-likeness (QED) is 0.739. The van der Waals surface area contributed by atoms with E-state index >= 15 is 0 Å². The van der Waals surface area contributed by atoms with Gasteiger partial charge in [0, 0.05) is 24.5 Å². The van der Waals surface area contributed by atoms with Gasteiger partial charge in [0.25, 0.3) is 0 Å². The second-order valence-corrected chi connectivity index (χ2v) is 3.79. The highest BCUT2D eigenvalue weighted by Gasteiger charge is 2.21. The maximum absolute atomic E-state index is 11.3. The molecule has 1 amide bonds. The lowest BCUT2D eigenvalue weighted by Crippen LogP contribution is -2.24. The fourth-order valence-electron chi connectivity index (χ4n) is 1.38. The molecule has 0 radical (unpaired) electrons. The Balaban J connectivity index is 2.06. The number of nitrogens with two attached hydrogens (primary N) is 1. The van der Waals surface area contributed by atoms with Crippen LogP contribution >= 0.6 is 11.5 Å². The molecule has 0 aromatic carbocycles. The number of nitrogen functional groups attached to an aromatic ring is 1. The van der Waals surface area contributed by atoms with E-state index < -0.39 is 0 Å². The molecule has 5 nitrogen and oxygen atoms in total. The molecule has 1 saturated heterocycles. The molecule has 0 bridgehead atoms. The number of carbonyl (C=O) groups excluding carboxylic acids is 1. The first-order chi connectivity index (χ1) is 6.27. The number of hydrogen-bond donors (Lipinski definition) is 1. The summed E-state index contributed by atoms with van der Waals surface area (Å²) in [5.41, 5.74) is 6.34. The number of amides is 1. The summed E-state index contributed by atoms with van der Waals surface area (Å²) >= 11 is 1.17. The van der Waals surface area contributed by atoms with Crippen molar-refractivity contribution in [1.29, 1.82) is 0 Å². The fourth-order valence-corrected chi connectivity index (χ4v) is 1.82. The van der Waals surface area contributed by atoms with Crippen molar-refractivity contribution < 1.29 is 4.79 Å². The Morgan fingerprint density at radius 2 is 2.46 bits per heavy atom. The lowest BCUT2D eigenvalue weighted by atomic mass is 10.4. The first-order valence-corrected chi connectivity index (χ1v) is 4.89. The third-order valence-electron chi connectivity index (χ3n) is 2.10. The monoisotopic (exact) mass is 198 g/mol. The van der Waals surface area contributed by atoms with E-state index in [0.717, 1.165) is 18.7 Å². The van der Waals surface area contributed by atoms with Crippen molar-refractivity contribution in [1.82, 2.24) is 14.5 Å². The molecule has 1 aliphatic rings. The third kappa shape index (κ3) is 1.62. The highest BCUT2D eigenvalue weighted by molar-refractivity contribution is 7.09. The van der Waals surface area contributed by atoms with Crippen LogP contribution in [0.5, 0.6) is 0 Å². The van der Waals surface area contributed by atoms with E-state index in [1.165, 1.54) is 11.5 Å². The molecule has 0 spiro atoms. The minimum absolute atomic E-state index is 0.187. The van der Waals surface area contributed by atoms with Gasteiger partial charge in [0.05, 0.1) is 6.54 Å². The summed E-state index contributed by atoms with van der Waals surface area (Å²) in [6, 6.07) is 0. The highest BCUT2D eigenvalue weighted by atomic mass is 32.1. The average Bonchev–Trinajstić information content (AvgIpc) is 2.65. The van der Waals surface area contributed by atoms with Crippen LogP contribution in [0.3, 0.4) is 0 Å². The van der Waals surface area contributed by atoms with E-state index in [1.54, 1.807) is 4.90 Å². The third-order valence-corrected chi connectivity index (χ3v) is 2.69. The van der Waals surface area contributed by atoms with Crippen LogP contribution in [0.1, 0.15) is 18.5 Å². The number of aromatic nitrogens is 2. The van der Waals surface area contributed by atoms with Crippen LogP contribution in [0.25, 0.3) is 0 Å². The molecule has 1 aromatic rings. The molecule has 2 rings (SSSR count). The zero-order chi connectivity index (χ0) is 9.26. The van der Waals surface area contributed by atoms with Gasteiger partial charge in [-0.25, -0.2) is 0 Å². The van der Waals surface area contributed by atoms with E-state index in [-0.39, 0.29) is 5.91 Å². The molecule has 70 valence electrons. The van der Waals surface area contributed by atoms with Gasteiger partial charge in [0.15, 0.2) is 0 Å². The van der Waals surface area contributed by atoms with Crippen LogP contribution in [0.15, 0.2) is 0 Å². The Morgan fingerprint density at radius 3 is 3.00 bits per heavy atom. The minimum atomic E-state index is 0.187. The Kier molecular flexibility index (Phi) is 2.13. The number of carbonyl (C=O) groups is 1. The van der Waals surface area contributed by atoms with Crippen LogP contribution in [0, 0.1) is 0 Å². The van der Waals surface area contributed by atoms with Gasteiger partial charge in [-0.2, -0.15) is 0 Å². The van der Waals surface area contributed by atoms with E-state index in [1.807, 2.05) is 0 Å². The molecule has 2 heterocycles. The molecule has 0 saturated carbocycles. The van der Waals surface area contributed by atoms with Gasteiger partial charge >= 0.3 is 0 Å². The summed E-state index contributed by atoms with van der Waals surface area (Å²) in [5.74, 6) is 0.187. The molecule has 0 aliphatic carbocycles. The van der Waals surface area contributed by atoms with Crippen molar-refractivity contribution in [3.63, 3.8) is 0 Å². The van der Waals surface area contributed by atoms with Gasteiger partial charge in [-0.1, -0.05) is 4.49 Å². The smallest absolute Gasteiger partial charge is 0.222 e. The fraction of sp³-hybridized carbons (Fsp3) is 0.571. The number of nitrogens with zero attached hydrogens (tertiary/aromatic N) is 3. The van der Waals surface area contributed by atoms with E-state index in [2.05, 4.69) is 9.59 Å². The molecule has 2 N–H and O–H groups in total. The van der Waals surface area contributed by atoms with Crippen LogP contribution in [0.4, 0.5) is 5.00 Å². The molecule has 1 fully saturated rings. The number of hydrogen-bond acceptors (Lipinski definition) is 5. The summed E-state index contributed by atoms with van der Waals surface area (Å²) in [4.78, 5) is 13.0. The molecular formula is C7H10N4OS. The lowest BCUT2D eigenvalue weighted by Gasteiger charge is -2.13. The normalized spacial score (nSPS) is 16.9. The SMILES string of the molecule is Nc1snnc1CN1CCCC1=O. The predicted octanol–water partition coefficient (Wildman–Crippen LogP) is 0.243. The molecule has 6 heteroatoms. The van der Waals surface area contributed by atoms with Crippen molar-refractivity contribution >= 4 is 22.4 Å². The number of rotatable bonds is 2. The largest absolute Gasteiger partial charge is 0.388 e. The predicted molar refractivity (Wildman–Crippen MR) is 49.0 cm³/mol. The van der Waals surface area contributed by atoms with Gasteiger partial charge < -0.3 is 10.6 Å². The summed E-state index contributed by atoms with van der Waals surface area (Å²) in [7, 11) is 0. The van der Waals surface area contributed by atoms with Gasteiger partial charge in [0.1, 0.15) is 10.7 Å². The zero-order valence-corrected chi connectivity index (χ0v) is 7.88. The first kappa shape index (κ1) is 8.43.